The molecule has 12 heteroatoms. The molecule has 0 fully saturated rings. The van der Waals surface area contributed by atoms with Gasteiger partial charge >= 0.3 is 12.2 Å². The van der Waals surface area contributed by atoms with Gasteiger partial charge in [0.25, 0.3) is 0 Å². The summed E-state index contributed by atoms with van der Waals surface area (Å²) in [7, 11) is 0. The third-order valence-corrected chi connectivity index (χ3v) is 6.01. The van der Waals surface area contributed by atoms with Gasteiger partial charge in [-0.1, -0.05) is 41.7 Å². The van der Waals surface area contributed by atoms with Crippen molar-refractivity contribution >= 4 is 34.1 Å². The summed E-state index contributed by atoms with van der Waals surface area (Å²) in [6, 6.07) is 16.7. The molecule has 0 saturated heterocycles. The van der Waals surface area contributed by atoms with Crippen LogP contribution in [0.15, 0.2) is 78.9 Å². The van der Waals surface area contributed by atoms with E-state index in [0.717, 1.165) is 41.2 Å². The van der Waals surface area contributed by atoms with Gasteiger partial charge in [0.1, 0.15) is 16.9 Å². The first-order valence-electron chi connectivity index (χ1n) is 10.9. The van der Waals surface area contributed by atoms with E-state index in [4.69, 9.17) is 0 Å². The smallest absolute Gasteiger partial charge is 0.326 e. The van der Waals surface area contributed by atoms with Gasteiger partial charge in [0, 0.05) is 17.7 Å². The second-order valence-corrected chi connectivity index (χ2v) is 8.80. The lowest BCUT2D eigenvalue weighted by Gasteiger charge is -2.18. The summed E-state index contributed by atoms with van der Waals surface area (Å²) in [5.74, 6) is -0.973. The first-order valence-corrected chi connectivity index (χ1v) is 11.7. The summed E-state index contributed by atoms with van der Waals surface area (Å²) in [5, 5.41) is 16.2. The van der Waals surface area contributed by atoms with Gasteiger partial charge in [0.15, 0.2) is 0 Å². The number of aromatic nitrogens is 2. The Labute approximate surface area is 212 Å². The van der Waals surface area contributed by atoms with Gasteiger partial charge in [-0.05, 0) is 54.1 Å². The number of benzene rings is 3. The monoisotopic (exact) mass is 529 g/mol. The zero-order chi connectivity index (χ0) is 26.4. The molecule has 0 aliphatic rings. The van der Waals surface area contributed by atoms with Crippen molar-refractivity contribution in [2.45, 2.75) is 18.6 Å². The highest BCUT2D eigenvalue weighted by molar-refractivity contribution is 7.18. The van der Waals surface area contributed by atoms with E-state index < -0.39 is 35.5 Å². The minimum atomic E-state index is -4.50. The molecule has 1 heterocycles. The quantitative estimate of drug-likeness (QED) is 0.266. The van der Waals surface area contributed by atoms with Gasteiger partial charge in [0.05, 0.1) is 5.56 Å². The Morgan fingerprint density at radius 1 is 0.865 bits per heavy atom. The molecule has 0 aliphatic heterocycles. The Kier molecular flexibility index (Phi) is 7.77. The molecule has 4 rings (SSSR count). The number of urea groups is 1. The summed E-state index contributed by atoms with van der Waals surface area (Å²) in [4.78, 5) is 25.6. The zero-order valence-corrected chi connectivity index (χ0v) is 19.7. The van der Waals surface area contributed by atoms with Crippen LogP contribution in [0, 0.1) is 5.82 Å². The molecule has 3 N–H and O–H groups in total. The predicted octanol–water partition coefficient (Wildman–Crippen LogP) is 5.73. The Hall–Kier alpha value is -4.32. The highest BCUT2D eigenvalue weighted by atomic mass is 32.1. The molecular formula is C25H19F4N5O2S. The molecule has 1 unspecified atom stereocenters. The zero-order valence-electron chi connectivity index (χ0n) is 18.9. The lowest BCUT2D eigenvalue weighted by atomic mass is 10.1. The highest BCUT2D eigenvalue weighted by Gasteiger charge is 2.30. The van der Waals surface area contributed by atoms with Crippen molar-refractivity contribution in [3.63, 3.8) is 0 Å². The Morgan fingerprint density at radius 2 is 1.54 bits per heavy atom. The largest absolute Gasteiger partial charge is 0.416 e. The standard InChI is InChI=1S/C25H19F4N5O2S/c26-18-10-6-16(7-11-18)22-33-34-24(37-22)32-21(35)20(14-15-4-2-1-3-5-15)31-23(36)30-19-12-8-17(9-13-19)25(27,28)29/h1-13,20H,14H2,(H2,30,31,36)(H,32,34,35). The lowest BCUT2D eigenvalue weighted by molar-refractivity contribution is -0.137. The van der Waals surface area contributed by atoms with Gasteiger partial charge in [-0.2, -0.15) is 13.2 Å². The summed E-state index contributed by atoms with van der Waals surface area (Å²) in [6.45, 7) is 0. The number of nitrogens with one attached hydrogen (secondary N) is 3. The summed E-state index contributed by atoms with van der Waals surface area (Å²) in [5.41, 5.74) is 0.658. The van der Waals surface area contributed by atoms with E-state index >= 15 is 0 Å². The molecular weight excluding hydrogens is 510 g/mol. The van der Waals surface area contributed by atoms with Crippen molar-refractivity contribution < 1.29 is 27.2 Å². The van der Waals surface area contributed by atoms with E-state index in [-0.39, 0.29) is 17.2 Å². The molecule has 4 aromatic rings. The first-order chi connectivity index (χ1) is 17.7. The molecule has 3 amide bonds. The molecule has 0 radical (unpaired) electrons. The molecule has 7 nitrogen and oxygen atoms in total. The van der Waals surface area contributed by atoms with Gasteiger partial charge in [-0.15, -0.1) is 10.2 Å². The molecule has 0 aliphatic carbocycles. The number of rotatable bonds is 7. The van der Waals surface area contributed by atoms with E-state index in [9.17, 15) is 27.2 Å². The van der Waals surface area contributed by atoms with E-state index in [2.05, 4.69) is 26.1 Å². The number of amides is 3. The second-order valence-electron chi connectivity index (χ2n) is 7.82. The van der Waals surface area contributed by atoms with Gasteiger partial charge in [-0.25, -0.2) is 9.18 Å². The normalized spacial score (nSPS) is 12.0. The second kappa shape index (κ2) is 11.2. The number of alkyl halides is 3. The van der Waals surface area contributed by atoms with Crippen molar-refractivity contribution in [2.24, 2.45) is 0 Å². The van der Waals surface area contributed by atoms with Crippen molar-refractivity contribution in [1.82, 2.24) is 15.5 Å². The minimum absolute atomic E-state index is 0.123. The topological polar surface area (TPSA) is 96.0 Å². The van der Waals surface area contributed by atoms with Gasteiger partial charge in [0.2, 0.25) is 11.0 Å². The number of carbonyl (C=O) groups excluding carboxylic acids is 2. The first kappa shape index (κ1) is 25.8. The molecule has 0 bridgehead atoms. The van der Waals surface area contributed by atoms with Gasteiger partial charge < -0.3 is 10.6 Å². The molecule has 3 aromatic carbocycles. The van der Waals surface area contributed by atoms with Crippen LogP contribution in [0.1, 0.15) is 11.1 Å². The van der Waals surface area contributed by atoms with E-state index in [1.807, 2.05) is 6.07 Å². The fourth-order valence-corrected chi connectivity index (χ4v) is 4.05. The number of halogens is 4. The maximum Gasteiger partial charge on any atom is 0.416 e. The Balaban J connectivity index is 1.45. The Morgan fingerprint density at radius 3 is 2.19 bits per heavy atom. The fraction of sp³-hybridized carbons (Fsp3) is 0.120. The van der Waals surface area contributed by atoms with E-state index in [1.165, 1.54) is 24.3 Å². The van der Waals surface area contributed by atoms with Crippen LogP contribution in [0.3, 0.4) is 0 Å². The maximum absolute atomic E-state index is 13.2. The van der Waals surface area contributed by atoms with Crippen LogP contribution in [0.25, 0.3) is 10.6 Å². The van der Waals surface area contributed by atoms with Crippen LogP contribution < -0.4 is 16.0 Å². The van der Waals surface area contributed by atoms with E-state index in [0.29, 0.717) is 10.6 Å². The summed E-state index contributed by atoms with van der Waals surface area (Å²) < 4.78 is 51.5. The minimum Gasteiger partial charge on any atom is -0.326 e. The fourth-order valence-electron chi connectivity index (χ4n) is 3.30. The van der Waals surface area contributed by atoms with Crippen molar-refractivity contribution in [1.29, 1.82) is 0 Å². The highest BCUT2D eigenvalue weighted by Crippen LogP contribution is 2.30. The number of nitrogens with zero attached hydrogens (tertiary/aromatic N) is 2. The van der Waals surface area contributed by atoms with Crippen molar-refractivity contribution in [2.75, 3.05) is 10.6 Å². The molecule has 0 spiro atoms. The van der Waals surface area contributed by atoms with Crippen LogP contribution in [0.5, 0.6) is 0 Å². The number of hydrogen-bond acceptors (Lipinski definition) is 5. The molecule has 190 valence electrons. The predicted molar refractivity (Wildman–Crippen MR) is 131 cm³/mol. The lowest BCUT2D eigenvalue weighted by Crippen LogP contribution is -2.46. The average molecular weight is 530 g/mol. The summed E-state index contributed by atoms with van der Waals surface area (Å²) >= 11 is 1.07. The summed E-state index contributed by atoms with van der Waals surface area (Å²) in [6.07, 6.45) is -4.36. The molecule has 0 saturated carbocycles. The van der Waals surface area contributed by atoms with Crippen molar-refractivity contribution in [3.05, 3.63) is 95.8 Å². The maximum atomic E-state index is 13.2. The molecule has 1 atom stereocenters. The number of hydrogen-bond donors (Lipinski definition) is 3. The SMILES string of the molecule is O=C(Nc1ccc(C(F)(F)F)cc1)NC(Cc1ccccc1)C(=O)Nc1nnc(-c2ccc(F)cc2)s1. The third kappa shape index (κ3) is 7.10. The Bertz CT molecular complexity index is 1360. The van der Waals surface area contributed by atoms with Crippen molar-refractivity contribution in [3.8, 4) is 10.6 Å². The van der Waals surface area contributed by atoms with E-state index in [1.54, 1.807) is 24.3 Å². The number of carbonyl (C=O) groups is 2. The van der Waals surface area contributed by atoms with Crippen LogP contribution in [-0.4, -0.2) is 28.2 Å². The van der Waals surface area contributed by atoms with Crippen LogP contribution in [0.2, 0.25) is 0 Å². The molecule has 1 aromatic heterocycles. The third-order valence-electron chi connectivity index (χ3n) is 5.12. The van der Waals surface area contributed by atoms with Crippen LogP contribution >= 0.6 is 11.3 Å². The average Bonchev–Trinajstić information content (AvgIpc) is 3.33. The van der Waals surface area contributed by atoms with Crippen LogP contribution in [0.4, 0.5) is 33.2 Å². The molecule has 37 heavy (non-hydrogen) atoms. The van der Waals surface area contributed by atoms with Gasteiger partial charge in [-0.3, -0.25) is 10.1 Å². The number of anilines is 2. The van der Waals surface area contributed by atoms with Crippen LogP contribution in [-0.2, 0) is 17.4 Å².